The van der Waals surface area contributed by atoms with E-state index in [2.05, 4.69) is 6.07 Å². The van der Waals surface area contributed by atoms with Crippen LogP contribution in [0.2, 0.25) is 0 Å². The van der Waals surface area contributed by atoms with Gasteiger partial charge in [0.05, 0.1) is 11.2 Å². The summed E-state index contributed by atoms with van der Waals surface area (Å²) in [7, 11) is 1.18. The topological polar surface area (TPSA) is 36.9 Å². The van der Waals surface area contributed by atoms with Crippen molar-refractivity contribution in [2.24, 2.45) is 0 Å². The Morgan fingerprint density at radius 3 is 2.14 bits per heavy atom. The van der Waals surface area contributed by atoms with E-state index in [-0.39, 0.29) is 18.0 Å². The highest BCUT2D eigenvalue weighted by Crippen LogP contribution is 2.37. The van der Waals surface area contributed by atoms with Crippen molar-refractivity contribution in [1.29, 1.82) is 0 Å². The van der Waals surface area contributed by atoms with Gasteiger partial charge in [-0.3, -0.25) is 0 Å². The minimum Gasteiger partial charge on any atom is -0.468 e. The summed E-state index contributed by atoms with van der Waals surface area (Å²) >= 11 is 0. The highest BCUT2D eigenvalue weighted by molar-refractivity contribution is 6.63. The fraction of sp³-hybridized carbons (Fsp3) is 0.625. The van der Waals surface area contributed by atoms with Crippen LogP contribution in [0, 0.1) is 13.8 Å². The zero-order valence-corrected chi connectivity index (χ0v) is 14.1. The van der Waals surface area contributed by atoms with Gasteiger partial charge in [-0.2, -0.15) is 0 Å². The van der Waals surface area contributed by atoms with Gasteiger partial charge in [0.2, 0.25) is 0 Å². The largest absolute Gasteiger partial charge is 0.498 e. The fourth-order valence-corrected chi connectivity index (χ4v) is 2.44. The molecule has 2 rings (SSSR count). The Bertz CT molecular complexity index is 509. The molecule has 0 saturated carbocycles. The van der Waals surface area contributed by atoms with E-state index in [1.54, 1.807) is 7.11 Å². The minimum atomic E-state index is -0.428. The lowest BCUT2D eigenvalue weighted by Crippen LogP contribution is -2.41. The Morgan fingerprint density at radius 2 is 1.62 bits per heavy atom. The van der Waals surface area contributed by atoms with Crippen LogP contribution in [0.1, 0.15) is 38.8 Å². The Balaban J connectivity index is 2.40. The van der Waals surface area contributed by atoms with Crippen LogP contribution in [0.15, 0.2) is 12.1 Å². The predicted molar refractivity (Wildman–Crippen MR) is 84.1 cm³/mol. The summed E-state index contributed by atoms with van der Waals surface area (Å²) in [5, 5.41) is 0. The molecule has 5 heteroatoms. The summed E-state index contributed by atoms with van der Waals surface area (Å²) in [5.41, 5.74) is 2.44. The van der Waals surface area contributed by atoms with Gasteiger partial charge in [-0.15, -0.1) is 0 Å². The van der Waals surface area contributed by atoms with Crippen LogP contribution < -0.4 is 10.2 Å². The molecule has 0 atom stereocenters. The van der Waals surface area contributed by atoms with E-state index in [1.807, 2.05) is 47.6 Å². The van der Waals surface area contributed by atoms with Gasteiger partial charge in [-0.1, -0.05) is 6.07 Å². The van der Waals surface area contributed by atoms with Gasteiger partial charge >= 0.3 is 7.12 Å². The lowest BCUT2D eigenvalue weighted by Gasteiger charge is -2.32. The molecule has 1 saturated heterocycles. The fourth-order valence-electron chi connectivity index (χ4n) is 2.44. The second-order valence-corrected chi connectivity index (χ2v) is 6.63. The lowest BCUT2D eigenvalue weighted by atomic mass is 9.75. The third-order valence-corrected chi connectivity index (χ3v) is 4.31. The third kappa shape index (κ3) is 3.10. The molecular weight excluding hydrogens is 267 g/mol. The SMILES string of the molecule is COCOc1cc(C)cc(C)c1B1OC(C)(C)C(C)(C)O1. The molecule has 1 aliphatic rings. The van der Waals surface area contributed by atoms with E-state index in [4.69, 9.17) is 18.8 Å². The molecule has 1 aromatic carbocycles. The number of hydrogen-bond donors (Lipinski definition) is 0. The normalized spacial score (nSPS) is 19.9. The van der Waals surface area contributed by atoms with Crippen molar-refractivity contribution < 1.29 is 18.8 Å². The Hall–Kier alpha value is -1.04. The predicted octanol–water partition coefficient (Wildman–Crippen LogP) is 2.59. The Kier molecular flexibility index (Phi) is 4.38. The van der Waals surface area contributed by atoms with E-state index in [9.17, 15) is 0 Å². The van der Waals surface area contributed by atoms with Gasteiger partial charge in [-0.05, 0) is 58.7 Å². The summed E-state index contributed by atoms with van der Waals surface area (Å²) in [4.78, 5) is 0. The van der Waals surface area contributed by atoms with E-state index in [1.165, 1.54) is 0 Å². The second-order valence-electron chi connectivity index (χ2n) is 6.63. The number of hydrogen-bond acceptors (Lipinski definition) is 4. The van der Waals surface area contributed by atoms with Crippen molar-refractivity contribution in [1.82, 2.24) is 0 Å². The number of rotatable bonds is 4. The van der Waals surface area contributed by atoms with E-state index in [0.717, 1.165) is 22.3 Å². The minimum absolute atomic E-state index is 0.204. The number of benzene rings is 1. The van der Waals surface area contributed by atoms with Gasteiger partial charge < -0.3 is 18.8 Å². The Morgan fingerprint density at radius 1 is 1.05 bits per heavy atom. The van der Waals surface area contributed by atoms with Crippen molar-refractivity contribution in [3.05, 3.63) is 23.3 Å². The van der Waals surface area contributed by atoms with Crippen molar-refractivity contribution in [2.45, 2.75) is 52.7 Å². The zero-order chi connectivity index (χ0) is 15.8. The van der Waals surface area contributed by atoms with Crippen LogP contribution in [-0.2, 0) is 14.0 Å². The third-order valence-electron chi connectivity index (χ3n) is 4.31. The first-order chi connectivity index (χ1) is 9.68. The zero-order valence-electron chi connectivity index (χ0n) is 14.1. The maximum Gasteiger partial charge on any atom is 0.498 e. The first kappa shape index (κ1) is 16.3. The van der Waals surface area contributed by atoms with Crippen LogP contribution in [0.25, 0.3) is 0 Å². The van der Waals surface area contributed by atoms with Crippen LogP contribution in [0.3, 0.4) is 0 Å². The van der Waals surface area contributed by atoms with Crippen LogP contribution in [-0.4, -0.2) is 32.2 Å². The second kappa shape index (κ2) is 5.63. The summed E-state index contributed by atoms with van der Waals surface area (Å²) < 4.78 is 23.0. The molecule has 1 aliphatic heterocycles. The van der Waals surface area contributed by atoms with Gasteiger partial charge in [-0.25, -0.2) is 0 Å². The molecule has 116 valence electrons. The van der Waals surface area contributed by atoms with E-state index >= 15 is 0 Å². The molecule has 21 heavy (non-hydrogen) atoms. The van der Waals surface area contributed by atoms with Crippen LogP contribution in [0.4, 0.5) is 0 Å². The maximum absolute atomic E-state index is 6.15. The van der Waals surface area contributed by atoms with Crippen LogP contribution >= 0.6 is 0 Å². The van der Waals surface area contributed by atoms with Crippen LogP contribution in [0.5, 0.6) is 5.75 Å². The average Bonchev–Trinajstić information content (AvgIpc) is 2.54. The van der Waals surface area contributed by atoms with Crippen molar-refractivity contribution >= 4 is 12.6 Å². The number of methoxy groups -OCH3 is 1. The summed E-state index contributed by atoms with van der Waals surface area (Å²) in [5.74, 6) is 0.757. The standard InChI is InChI=1S/C16H25BO4/c1-11-8-12(2)14(13(9-11)19-10-18-7)17-20-15(3,4)16(5,6)21-17/h8-9H,10H2,1-7H3. The van der Waals surface area contributed by atoms with Crippen molar-refractivity contribution in [3.63, 3.8) is 0 Å². The van der Waals surface area contributed by atoms with E-state index in [0.29, 0.717) is 0 Å². The molecule has 1 fully saturated rings. The summed E-state index contributed by atoms with van der Waals surface area (Å²) in [6.45, 7) is 12.5. The molecular formula is C16H25BO4. The van der Waals surface area contributed by atoms with Gasteiger partial charge in [0.25, 0.3) is 0 Å². The summed E-state index contributed by atoms with van der Waals surface area (Å²) in [6, 6.07) is 4.10. The van der Waals surface area contributed by atoms with Gasteiger partial charge in [0.15, 0.2) is 6.79 Å². The molecule has 0 amide bonds. The monoisotopic (exact) mass is 292 g/mol. The lowest BCUT2D eigenvalue weighted by molar-refractivity contribution is 0.00578. The number of ether oxygens (including phenoxy) is 2. The van der Waals surface area contributed by atoms with Gasteiger partial charge in [0.1, 0.15) is 5.75 Å². The smallest absolute Gasteiger partial charge is 0.468 e. The van der Waals surface area contributed by atoms with Crippen molar-refractivity contribution in [2.75, 3.05) is 13.9 Å². The van der Waals surface area contributed by atoms with Crippen molar-refractivity contribution in [3.8, 4) is 5.75 Å². The molecule has 4 nitrogen and oxygen atoms in total. The highest BCUT2D eigenvalue weighted by Gasteiger charge is 2.52. The molecule has 0 N–H and O–H groups in total. The van der Waals surface area contributed by atoms with E-state index < -0.39 is 7.12 Å². The highest BCUT2D eigenvalue weighted by atomic mass is 16.7. The molecule has 0 spiro atoms. The molecule has 1 heterocycles. The molecule has 0 radical (unpaired) electrons. The molecule has 0 aliphatic carbocycles. The number of aryl methyl sites for hydroxylation is 2. The summed E-state index contributed by atoms with van der Waals surface area (Å²) in [6.07, 6.45) is 0. The quantitative estimate of drug-likeness (QED) is 0.631. The van der Waals surface area contributed by atoms with Gasteiger partial charge in [0, 0.05) is 12.6 Å². The first-order valence-corrected chi connectivity index (χ1v) is 7.26. The first-order valence-electron chi connectivity index (χ1n) is 7.26. The Labute approximate surface area is 127 Å². The maximum atomic E-state index is 6.15. The average molecular weight is 292 g/mol. The molecule has 0 unspecified atom stereocenters. The molecule has 0 aromatic heterocycles. The molecule has 1 aromatic rings. The molecule has 0 bridgehead atoms.